The number of piperazine rings is 1. The van der Waals surface area contributed by atoms with Crippen molar-refractivity contribution in [2.45, 2.75) is 39.2 Å². The molecule has 2 fully saturated rings. The molecule has 4 heteroatoms. The summed E-state index contributed by atoms with van der Waals surface area (Å²) in [7, 11) is 0. The summed E-state index contributed by atoms with van der Waals surface area (Å²) in [5.74, 6) is 0.257. The molecule has 0 aliphatic carbocycles. The number of anilines is 1. The molecular weight excluding hydrogens is 276 g/mol. The molecule has 2 heterocycles. The van der Waals surface area contributed by atoms with Gasteiger partial charge in [-0.2, -0.15) is 0 Å². The van der Waals surface area contributed by atoms with Crippen molar-refractivity contribution in [1.82, 2.24) is 4.90 Å². The molecule has 0 radical (unpaired) electrons. The van der Waals surface area contributed by atoms with E-state index in [-0.39, 0.29) is 12.0 Å². The van der Waals surface area contributed by atoms with E-state index in [9.17, 15) is 4.79 Å². The Morgan fingerprint density at radius 3 is 2.68 bits per heavy atom. The molecule has 0 N–H and O–H groups in total. The van der Waals surface area contributed by atoms with Gasteiger partial charge in [-0.3, -0.25) is 4.79 Å². The smallest absolute Gasteiger partial charge is 0.225 e. The van der Waals surface area contributed by atoms with Crippen molar-refractivity contribution in [3.63, 3.8) is 0 Å². The Balaban J connectivity index is 1.55. The fourth-order valence-corrected chi connectivity index (χ4v) is 3.40. The van der Waals surface area contributed by atoms with Gasteiger partial charge in [-0.25, -0.2) is 0 Å². The van der Waals surface area contributed by atoms with E-state index >= 15 is 0 Å². The number of hydrogen-bond donors (Lipinski definition) is 0. The van der Waals surface area contributed by atoms with Crippen LogP contribution in [-0.2, 0) is 9.53 Å². The second kappa shape index (κ2) is 6.69. The van der Waals surface area contributed by atoms with E-state index in [1.54, 1.807) is 0 Å². The van der Waals surface area contributed by atoms with Crippen LogP contribution in [0.1, 0.15) is 30.4 Å². The van der Waals surface area contributed by atoms with Crippen molar-refractivity contribution in [1.29, 1.82) is 0 Å². The number of rotatable bonds is 3. The number of carbonyl (C=O) groups excluding carboxylic acids is 1. The third-order valence-corrected chi connectivity index (χ3v) is 4.98. The third kappa shape index (κ3) is 3.27. The Morgan fingerprint density at radius 1 is 1.23 bits per heavy atom. The Kier molecular flexibility index (Phi) is 4.67. The lowest BCUT2D eigenvalue weighted by Crippen LogP contribution is -2.49. The van der Waals surface area contributed by atoms with Crippen LogP contribution in [0.15, 0.2) is 18.2 Å². The summed E-state index contributed by atoms with van der Waals surface area (Å²) in [6.45, 7) is 8.62. The van der Waals surface area contributed by atoms with Crippen LogP contribution in [0, 0.1) is 13.8 Å². The van der Waals surface area contributed by atoms with Gasteiger partial charge in [0.2, 0.25) is 5.91 Å². The topological polar surface area (TPSA) is 32.8 Å². The van der Waals surface area contributed by atoms with Gasteiger partial charge in [0, 0.05) is 38.5 Å². The molecule has 1 aromatic rings. The van der Waals surface area contributed by atoms with Crippen molar-refractivity contribution < 1.29 is 9.53 Å². The highest BCUT2D eigenvalue weighted by Gasteiger charge is 2.26. The molecule has 0 saturated carbocycles. The van der Waals surface area contributed by atoms with Crippen LogP contribution in [0.4, 0.5) is 5.69 Å². The van der Waals surface area contributed by atoms with E-state index in [1.807, 2.05) is 4.90 Å². The van der Waals surface area contributed by atoms with E-state index in [0.717, 1.165) is 45.6 Å². The minimum atomic E-state index is 0.157. The predicted octanol–water partition coefficient (Wildman–Crippen LogP) is 2.52. The third-order valence-electron chi connectivity index (χ3n) is 4.98. The highest BCUT2D eigenvalue weighted by Crippen LogP contribution is 2.24. The minimum absolute atomic E-state index is 0.157. The summed E-state index contributed by atoms with van der Waals surface area (Å²) in [5, 5.41) is 0. The highest BCUT2D eigenvalue weighted by molar-refractivity contribution is 5.77. The summed E-state index contributed by atoms with van der Waals surface area (Å²) in [4.78, 5) is 16.7. The van der Waals surface area contributed by atoms with Gasteiger partial charge in [0.25, 0.3) is 0 Å². The number of ether oxygens (including phenoxy) is 1. The molecule has 120 valence electrons. The lowest BCUT2D eigenvalue weighted by molar-refractivity contribution is -0.133. The molecule has 2 saturated heterocycles. The molecule has 1 atom stereocenters. The summed E-state index contributed by atoms with van der Waals surface area (Å²) >= 11 is 0. The lowest BCUT2D eigenvalue weighted by atomic mass is 10.1. The van der Waals surface area contributed by atoms with E-state index < -0.39 is 0 Å². The van der Waals surface area contributed by atoms with Crippen LogP contribution >= 0.6 is 0 Å². The molecule has 4 nitrogen and oxygen atoms in total. The maximum Gasteiger partial charge on any atom is 0.225 e. The normalized spacial score (nSPS) is 22.2. The first-order valence-electron chi connectivity index (χ1n) is 8.35. The van der Waals surface area contributed by atoms with Gasteiger partial charge < -0.3 is 14.5 Å². The molecule has 1 unspecified atom stereocenters. The van der Waals surface area contributed by atoms with Gasteiger partial charge in [-0.05, 0) is 43.9 Å². The first-order valence-corrected chi connectivity index (χ1v) is 8.35. The zero-order valence-electron chi connectivity index (χ0n) is 13.7. The maximum absolute atomic E-state index is 12.3. The SMILES string of the molecule is Cc1cccc(N2CCN(C(=O)CC3CCCO3)CC2)c1C. The van der Waals surface area contributed by atoms with Crippen molar-refractivity contribution in [2.24, 2.45) is 0 Å². The fraction of sp³-hybridized carbons (Fsp3) is 0.611. The van der Waals surface area contributed by atoms with E-state index in [4.69, 9.17) is 4.74 Å². The molecule has 0 spiro atoms. The Hall–Kier alpha value is -1.55. The lowest BCUT2D eigenvalue weighted by Gasteiger charge is -2.37. The summed E-state index contributed by atoms with van der Waals surface area (Å²) in [6.07, 6.45) is 2.85. The summed E-state index contributed by atoms with van der Waals surface area (Å²) < 4.78 is 5.58. The molecular formula is C18H26N2O2. The second-order valence-electron chi connectivity index (χ2n) is 6.43. The van der Waals surface area contributed by atoms with Gasteiger partial charge in [0.15, 0.2) is 0 Å². The number of carbonyl (C=O) groups is 1. The minimum Gasteiger partial charge on any atom is -0.378 e. The van der Waals surface area contributed by atoms with E-state index in [1.165, 1.54) is 16.8 Å². The molecule has 22 heavy (non-hydrogen) atoms. The molecule has 1 aromatic carbocycles. The van der Waals surface area contributed by atoms with Crippen molar-refractivity contribution in [3.05, 3.63) is 29.3 Å². The van der Waals surface area contributed by atoms with Gasteiger partial charge in [-0.1, -0.05) is 12.1 Å². The summed E-state index contributed by atoms with van der Waals surface area (Å²) in [6, 6.07) is 6.46. The molecule has 1 amide bonds. The largest absolute Gasteiger partial charge is 0.378 e. The average Bonchev–Trinajstić information content (AvgIpc) is 3.03. The molecule has 0 bridgehead atoms. The average molecular weight is 302 g/mol. The Bertz CT molecular complexity index is 530. The van der Waals surface area contributed by atoms with Gasteiger partial charge in [0.1, 0.15) is 0 Å². The maximum atomic E-state index is 12.3. The quantitative estimate of drug-likeness (QED) is 0.860. The number of hydrogen-bond acceptors (Lipinski definition) is 3. The molecule has 2 aliphatic rings. The van der Waals surface area contributed by atoms with Crippen LogP contribution in [0.3, 0.4) is 0 Å². The highest BCUT2D eigenvalue weighted by atomic mass is 16.5. The van der Waals surface area contributed by atoms with Crippen molar-refractivity contribution >= 4 is 11.6 Å². The monoisotopic (exact) mass is 302 g/mol. The second-order valence-corrected chi connectivity index (χ2v) is 6.43. The zero-order valence-corrected chi connectivity index (χ0v) is 13.7. The van der Waals surface area contributed by atoms with Crippen LogP contribution in [0.25, 0.3) is 0 Å². The van der Waals surface area contributed by atoms with Crippen LogP contribution in [-0.4, -0.2) is 49.7 Å². The fourth-order valence-electron chi connectivity index (χ4n) is 3.40. The molecule has 3 rings (SSSR count). The van der Waals surface area contributed by atoms with E-state index in [0.29, 0.717) is 6.42 Å². The van der Waals surface area contributed by atoms with Crippen LogP contribution < -0.4 is 4.90 Å². The van der Waals surface area contributed by atoms with Crippen LogP contribution in [0.2, 0.25) is 0 Å². The Morgan fingerprint density at radius 2 is 2.00 bits per heavy atom. The van der Waals surface area contributed by atoms with Crippen LogP contribution in [0.5, 0.6) is 0 Å². The first kappa shape index (κ1) is 15.3. The van der Waals surface area contributed by atoms with Crippen molar-refractivity contribution in [3.8, 4) is 0 Å². The number of aryl methyl sites for hydroxylation is 1. The number of benzene rings is 1. The van der Waals surface area contributed by atoms with E-state index in [2.05, 4.69) is 36.9 Å². The number of amides is 1. The van der Waals surface area contributed by atoms with Crippen molar-refractivity contribution in [2.75, 3.05) is 37.7 Å². The predicted molar refractivity (Wildman–Crippen MR) is 88.3 cm³/mol. The first-order chi connectivity index (χ1) is 10.6. The van der Waals surface area contributed by atoms with Gasteiger partial charge >= 0.3 is 0 Å². The van der Waals surface area contributed by atoms with Gasteiger partial charge in [-0.15, -0.1) is 0 Å². The number of nitrogens with zero attached hydrogens (tertiary/aromatic N) is 2. The molecule has 0 aromatic heterocycles. The zero-order chi connectivity index (χ0) is 15.5. The Labute approximate surface area is 133 Å². The summed E-state index contributed by atoms with van der Waals surface area (Å²) in [5.41, 5.74) is 3.99. The van der Waals surface area contributed by atoms with Gasteiger partial charge in [0.05, 0.1) is 12.5 Å². The standard InChI is InChI=1S/C18H26N2O2/c1-14-5-3-7-17(15(14)2)19-8-10-20(11-9-19)18(21)13-16-6-4-12-22-16/h3,5,7,16H,4,6,8-13H2,1-2H3. The molecule has 2 aliphatic heterocycles.